The Morgan fingerprint density at radius 2 is 2.07 bits per heavy atom. The molecule has 1 amide bonds. The van der Waals surface area contributed by atoms with Crippen LogP contribution in [0.15, 0.2) is 53.7 Å². The number of hydrogen-bond donors (Lipinski definition) is 2. The van der Waals surface area contributed by atoms with E-state index >= 15 is 0 Å². The summed E-state index contributed by atoms with van der Waals surface area (Å²) in [6, 6.07) is 12.7. The molecule has 1 aliphatic heterocycles. The summed E-state index contributed by atoms with van der Waals surface area (Å²) in [6.07, 6.45) is 2.64. The molecule has 7 heteroatoms. The molecule has 3 N–H and O–H groups in total. The zero-order valence-corrected chi connectivity index (χ0v) is 18.5. The highest BCUT2D eigenvalue weighted by Crippen LogP contribution is 2.35. The van der Waals surface area contributed by atoms with Gasteiger partial charge >= 0.3 is 0 Å². The zero-order chi connectivity index (χ0) is 21.9. The molecule has 3 rings (SSSR count). The van der Waals surface area contributed by atoms with E-state index in [0.29, 0.717) is 16.5 Å². The van der Waals surface area contributed by atoms with Crippen molar-refractivity contribution in [2.24, 2.45) is 10.7 Å². The number of hydrogen-bond acceptors (Lipinski definition) is 6. The summed E-state index contributed by atoms with van der Waals surface area (Å²) in [5, 5.41) is 10.4. The van der Waals surface area contributed by atoms with Crippen LogP contribution in [0.25, 0.3) is 5.57 Å². The summed E-state index contributed by atoms with van der Waals surface area (Å²) in [6.45, 7) is 3.96. The SMILES string of the molecule is COc1cc(/C(C)=C/N(C)C(=O)c2cccc(C3(C)CCSC(N)=N3)c2)ccc1O. The molecule has 0 fully saturated rings. The Kier molecular flexibility index (Phi) is 6.41. The van der Waals surface area contributed by atoms with Crippen molar-refractivity contribution in [2.45, 2.75) is 25.8 Å². The molecule has 0 saturated carbocycles. The van der Waals surface area contributed by atoms with Crippen molar-refractivity contribution >= 4 is 28.4 Å². The van der Waals surface area contributed by atoms with E-state index in [0.717, 1.165) is 28.9 Å². The largest absolute Gasteiger partial charge is 0.504 e. The minimum atomic E-state index is -0.418. The van der Waals surface area contributed by atoms with Crippen molar-refractivity contribution in [3.05, 3.63) is 65.4 Å². The standard InChI is InChI=1S/C23H27N3O3S/c1-15(16-8-9-19(27)20(13-16)29-4)14-26(3)21(28)17-6-5-7-18(12-17)23(2)10-11-30-22(24)25-23/h5-9,12-14,27H,10-11H2,1-4H3,(H2,24,25)/b15-14+. The molecule has 2 aromatic rings. The zero-order valence-electron chi connectivity index (χ0n) is 17.7. The molecule has 0 bridgehead atoms. The first-order valence-corrected chi connectivity index (χ1v) is 10.6. The fourth-order valence-electron chi connectivity index (χ4n) is 3.43. The van der Waals surface area contributed by atoms with Crippen LogP contribution in [-0.4, -0.2) is 41.0 Å². The summed E-state index contributed by atoms with van der Waals surface area (Å²) in [7, 11) is 3.23. The number of allylic oxidation sites excluding steroid dienone is 1. The lowest BCUT2D eigenvalue weighted by molar-refractivity contribution is 0.0850. The van der Waals surface area contributed by atoms with E-state index in [9.17, 15) is 9.90 Å². The van der Waals surface area contributed by atoms with Crippen molar-refractivity contribution in [2.75, 3.05) is 19.9 Å². The number of aromatic hydroxyl groups is 1. The van der Waals surface area contributed by atoms with Gasteiger partial charge in [0.1, 0.15) is 0 Å². The fraction of sp³-hybridized carbons (Fsp3) is 0.304. The molecule has 6 nitrogen and oxygen atoms in total. The average Bonchev–Trinajstić information content (AvgIpc) is 2.73. The number of carbonyl (C=O) groups is 1. The predicted molar refractivity (Wildman–Crippen MR) is 123 cm³/mol. The van der Waals surface area contributed by atoms with E-state index < -0.39 is 5.54 Å². The maximum atomic E-state index is 13.0. The second kappa shape index (κ2) is 8.83. The molecule has 158 valence electrons. The van der Waals surface area contributed by atoms with Crippen molar-refractivity contribution in [1.82, 2.24) is 4.90 Å². The summed E-state index contributed by atoms with van der Waals surface area (Å²) in [5.74, 6) is 1.25. The van der Waals surface area contributed by atoms with Gasteiger partial charge in [0, 0.05) is 24.6 Å². The molecule has 0 radical (unpaired) electrons. The molecule has 0 aliphatic carbocycles. The molecule has 1 unspecified atom stereocenters. The molecule has 1 atom stereocenters. The van der Waals surface area contributed by atoms with Gasteiger partial charge in [-0.15, -0.1) is 0 Å². The van der Waals surface area contributed by atoms with Crippen molar-refractivity contribution in [3.63, 3.8) is 0 Å². The minimum Gasteiger partial charge on any atom is -0.504 e. The number of amidine groups is 1. The van der Waals surface area contributed by atoms with Gasteiger partial charge in [-0.25, -0.2) is 0 Å². The van der Waals surface area contributed by atoms with Crippen molar-refractivity contribution in [1.29, 1.82) is 0 Å². The van der Waals surface area contributed by atoms with Gasteiger partial charge in [-0.3, -0.25) is 9.79 Å². The monoisotopic (exact) mass is 425 g/mol. The quantitative estimate of drug-likeness (QED) is 0.750. The second-order valence-electron chi connectivity index (χ2n) is 7.52. The van der Waals surface area contributed by atoms with Crippen molar-refractivity contribution < 1.29 is 14.6 Å². The first kappa shape index (κ1) is 21.8. The Morgan fingerprint density at radius 3 is 2.77 bits per heavy atom. The molecular formula is C23H27N3O3S. The van der Waals surface area contributed by atoms with Crippen LogP contribution >= 0.6 is 11.8 Å². The number of amides is 1. The maximum absolute atomic E-state index is 13.0. The van der Waals surface area contributed by atoms with Gasteiger partial charge in [-0.05, 0) is 61.2 Å². The number of phenolic OH excluding ortho intramolecular Hbond substituents is 1. The highest BCUT2D eigenvalue weighted by Gasteiger charge is 2.30. The predicted octanol–water partition coefficient (Wildman–Crippen LogP) is 4.20. The summed E-state index contributed by atoms with van der Waals surface area (Å²) < 4.78 is 5.17. The van der Waals surface area contributed by atoms with E-state index in [1.807, 2.05) is 31.2 Å². The highest BCUT2D eigenvalue weighted by molar-refractivity contribution is 8.13. The number of ether oxygens (including phenoxy) is 1. The van der Waals surface area contributed by atoms with Crippen LogP contribution in [-0.2, 0) is 5.54 Å². The van der Waals surface area contributed by atoms with Crippen LogP contribution in [0.3, 0.4) is 0 Å². The van der Waals surface area contributed by atoms with Gasteiger partial charge in [0.2, 0.25) is 0 Å². The number of aliphatic imine (C=N–C) groups is 1. The lowest BCUT2D eigenvalue weighted by Crippen LogP contribution is -2.29. The third-order valence-electron chi connectivity index (χ3n) is 5.27. The van der Waals surface area contributed by atoms with Crippen LogP contribution < -0.4 is 10.5 Å². The molecule has 0 spiro atoms. The van der Waals surface area contributed by atoms with Gasteiger partial charge < -0.3 is 20.5 Å². The van der Waals surface area contributed by atoms with E-state index in [4.69, 9.17) is 10.5 Å². The maximum Gasteiger partial charge on any atom is 0.257 e. The van der Waals surface area contributed by atoms with E-state index in [2.05, 4.69) is 11.9 Å². The number of nitrogens with zero attached hydrogens (tertiary/aromatic N) is 2. The number of phenols is 1. The molecule has 0 saturated heterocycles. The van der Waals surface area contributed by atoms with Crippen LogP contribution in [0.5, 0.6) is 11.5 Å². The molecule has 1 aliphatic rings. The minimum absolute atomic E-state index is 0.0770. The normalized spacial score (nSPS) is 19.2. The molecular weight excluding hydrogens is 398 g/mol. The molecule has 2 aromatic carbocycles. The number of rotatable bonds is 5. The lowest BCUT2D eigenvalue weighted by atomic mass is 9.88. The molecule has 1 heterocycles. The smallest absolute Gasteiger partial charge is 0.257 e. The van der Waals surface area contributed by atoms with E-state index in [1.165, 1.54) is 7.11 Å². The van der Waals surface area contributed by atoms with Gasteiger partial charge in [0.05, 0.1) is 12.6 Å². The van der Waals surface area contributed by atoms with Gasteiger partial charge in [-0.2, -0.15) is 0 Å². The Morgan fingerprint density at radius 1 is 1.30 bits per heavy atom. The summed E-state index contributed by atoms with van der Waals surface area (Å²) >= 11 is 1.56. The van der Waals surface area contributed by atoms with Gasteiger partial charge in [0.25, 0.3) is 5.91 Å². The number of thioether (sulfide) groups is 1. The van der Waals surface area contributed by atoms with Crippen LogP contribution in [0.2, 0.25) is 0 Å². The number of methoxy groups -OCH3 is 1. The van der Waals surface area contributed by atoms with E-state index in [1.54, 1.807) is 48.1 Å². The Bertz CT molecular complexity index is 1020. The Balaban J connectivity index is 1.84. The van der Waals surface area contributed by atoms with Crippen molar-refractivity contribution in [3.8, 4) is 11.5 Å². The fourth-order valence-corrected chi connectivity index (χ4v) is 4.41. The third-order valence-corrected chi connectivity index (χ3v) is 6.07. The van der Waals surface area contributed by atoms with Gasteiger partial charge in [-0.1, -0.05) is 30.0 Å². The molecule has 0 aromatic heterocycles. The molecule has 30 heavy (non-hydrogen) atoms. The Labute approximate surface area is 181 Å². The average molecular weight is 426 g/mol. The Hall–Kier alpha value is -2.93. The van der Waals surface area contributed by atoms with E-state index in [-0.39, 0.29) is 11.7 Å². The summed E-state index contributed by atoms with van der Waals surface area (Å²) in [4.78, 5) is 19.2. The summed E-state index contributed by atoms with van der Waals surface area (Å²) in [5.41, 5.74) is 8.82. The number of benzene rings is 2. The third kappa shape index (κ3) is 4.62. The number of carbonyl (C=O) groups excluding carboxylic acids is 1. The van der Waals surface area contributed by atoms with Crippen LogP contribution in [0.1, 0.15) is 41.8 Å². The van der Waals surface area contributed by atoms with Crippen LogP contribution in [0, 0.1) is 0 Å². The highest BCUT2D eigenvalue weighted by atomic mass is 32.2. The first-order valence-electron chi connectivity index (χ1n) is 9.65. The second-order valence-corrected chi connectivity index (χ2v) is 8.63. The lowest BCUT2D eigenvalue weighted by Gasteiger charge is -2.30. The first-order chi connectivity index (χ1) is 14.2. The van der Waals surface area contributed by atoms with Gasteiger partial charge in [0.15, 0.2) is 16.7 Å². The van der Waals surface area contributed by atoms with Crippen LogP contribution in [0.4, 0.5) is 0 Å². The topological polar surface area (TPSA) is 88.2 Å². The number of nitrogens with two attached hydrogens (primary N) is 1.